The minimum Gasteiger partial charge on any atom is -0.378 e. The zero-order valence-corrected chi connectivity index (χ0v) is 23.9. The number of carbonyl (C=O) groups is 4. The highest BCUT2D eigenvalue weighted by Crippen LogP contribution is 2.46. The van der Waals surface area contributed by atoms with Crippen LogP contribution < -0.4 is 10.4 Å². The Hall–Kier alpha value is -2.07. The molecule has 1 heterocycles. The van der Waals surface area contributed by atoms with Gasteiger partial charge in [-0.3, -0.25) is 24.3 Å². The van der Waals surface area contributed by atoms with Crippen LogP contribution >= 0.6 is 16.7 Å². The summed E-state index contributed by atoms with van der Waals surface area (Å²) in [4.78, 5) is 52.4. The lowest BCUT2D eigenvalue weighted by Crippen LogP contribution is -2.54. The Labute approximate surface area is 226 Å². The summed E-state index contributed by atoms with van der Waals surface area (Å²) in [6, 6.07) is 2.67. The number of hydrogen-bond donors (Lipinski definition) is 2. The summed E-state index contributed by atoms with van der Waals surface area (Å²) in [5.41, 5.74) is -0.165. The fourth-order valence-electron chi connectivity index (χ4n) is 3.66. The van der Waals surface area contributed by atoms with E-state index in [4.69, 9.17) is 4.74 Å². The molecule has 0 spiro atoms. The van der Waals surface area contributed by atoms with Crippen molar-refractivity contribution < 1.29 is 45.9 Å². The van der Waals surface area contributed by atoms with E-state index in [1.165, 1.54) is 38.1 Å². The predicted octanol–water partition coefficient (Wildman–Crippen LogP) is 4.01. The van der Waals surface area contributed by atoms with E-state index in [1.807, 2.05) is 0 Å². The third-order valence-electron chi connectivity index (χ3n) is 6.04. The number of Topliss-reactive ketones (excluding diaryl/α,β-unsaturated/α-hetero) is 1. The van der Waals surface area contributed by atoms with Crippen LogP contribution in [0.5, 0.6) is 0 Å². The molecule has 0 radical (unpaired) electrons. The number of nitrogens with one attached hydrogen (secondary N) is 2. The van der Waals surface area contributed by atoms with Crippen LogP contribution in [0.3, 0.4) is 0 Å². The summed E-state index contributed by atoms with van der Waals surface area (Å²) >= 11 is 0. The van der Waals surface area contributed by atoms with Crippen LogP contribution in [0.1, 0.15) is 48.4 Å². The predicted molar refractivity (Wildman–Crippen MR) is 139 cm³/mol. The molecule has 0 saturated carbocycles. The van der Waals surface area contributed by atoms with Crippen molar-refractivity contribution in [3.05, 3.63) is 35.4 Å². The van der Waals surface area contributed by atoms with Crippen LogP contribution in [0.2, 0.25) is 0 Å². The first-order valence-corrected chi connectivity index (χ1v) is 15.1. The molecule has 3 unspecified atom stereocenters. The molecule has 218 valence electrons. The Morgan fingerprint density at radius 2 is 1.38 bits per heavy atom. The molecule has 0 aromatic heterocycles. The summed E-state index contributed by atoms with van der Waals surface area (Å²) in [5, 5.41) is 4.90. The van der Waals surface area contributed by atoms with Crippen LogP contribution in [0.15, 0.2) is 24.3 Å². The Kier molecular flexibility index (Phi) is 11.5. The molecule has 2 amide bonds. The van der Waals surface area contributed by atoms with Crippen molar-refractivity contribution in [1.82, 2.24) is 15.3 Å². The second kappa shape index (κ2) is 13.5. The van der Waals surface area contributed by atoms with E-state index in [1.54, 1.807) is 18.7 Å². The van der Waals surface area contributed by atoms with Crippen LogP contribution in [0.4, 0.5) is 22.0 Å². The van der Waals surface area contributed by atoms with Gasteiger partial charge in [-0.1, -0.05) is 36.6 Å². The number of alkyl halides is 5. The van der Waals surface area contributed by atoms with Gasteiger partial charge in [0, 0.05) is 24.2 Å². The number of ketones is 1. The first kappa shape index (κ1) is 33.1. The molecule has 8 nitrogen and oxygen atoms in total. The Balaban J connectivity index is 2.13. The normalized spacial score (nSPS) is 17.1. The van der Waals surface area contributed by atoms with Gasteiger partial charge in [-0.2, -0.15) is 22.0 Å². The van der Waals surface area contributed by atoms with Gasteiger partial charge in [-0.15, -0.1) is 0 Å². The average Bonchev–Trinajstić information content (AvgIpc) is 2.88. The van der Waals surface area contributed by atoms with Gasteiger partial charge in [0.25, 0.3) is 11.8 Å². The Morgan fingerprint density at radius 3 is 1.85 bits per heavy atom. The zero-order valence-electron chi connectivity index (χ0n) is 21.9. The van der Waals surface area contributed by atoms with Crippen molar-refractivity contribution in [3.8, 4) is 0 Å². The molecule has 2 N–H and O–H groups in total. The molecular weight excluding hydrogens is 567 g/mol. The van der Waals surface area contributed by atoms with Gasteiger partial charge >= 0.3 is 12.1 Å². The first-order valence-electron chi connectivity index (χ1n) is 12.1. The van der Waals surface area contributed by atoms with Gasteiger partial charge in [0.2, 0.25) is 5.78 Å². The van der Waals surface area contributed by atoms with Crippen molar-refractivity contribution in [2.45, 2.75) is 51.9 Å². The largest absolute Gasteiger partial charge is 0.461 e. The molecular formula is C24H32F5N3O5P2. The van der Waals surface area contributed by atoms with Crippen molar-refractivity contribution in [3.63, 3.8) is 0 Å². The molecule has 1 aromatic rings. The van der Waals surface area contributed by atoms with Gasteiger partial charge in [0.05, 0.1) is 33.1 Å². The zero-order chi connectivity index (χ0) is 29.7. The number of ether oxygens (including phenoxy) is 1. The van der Waals surface area contributed by atoms with Gasteiger partial charge < -0.3 is 15.0 Å². The molecule has 39 heavy (non-hydrogen) atoms. The van der Waals surface area contributed by atoms with Crippen LogP contribution in [-0.2, 0) is 14.3 Å². The number of morpholine rings is 1. The molecule has 1 saturated heterocycles. The lowest BCUT2D eigenvalue weighted by Gasteiger charge is -2.30. The number of carbonyl (C=O) groups excluding carboxylic acids is 4. The average molecular weight is 599 g/mol. The highest BCUT2D eigenvalue weighted by Gasteiger charge is 2.64. The molecule has 2 rings (SSSR count). The van der Waals surface area contributed by atoms with E-state index in [0.29, 0.717) is 31.9 Å². The number of halogens is 5. The number of hydrogen-bond acceptors (Lipinski definition) is 6. The van der Waals surface area contributed by atoms with E-state index in [-0.39, 0.29) is 11.5 Å². The smallest absolute Gasteiger partial charge is 0.378 e. The molecule has 1 aliphatic heterocycles. The van der Waals surface area contributed by atoms with E-state index in [9.17, 15) is 41.1 Å². The molecule has 1 fully saturated rings. The fraction of sp³-hybridized carbons (Fsp3) is 0.583. The Morgan fingerprint density at radius 1 is 0.897 bits per heavy atom. The SMILES string of the molecule is CC(C)C(NP(P)C(=O)[C@@H](NC(=O)c1ccc(C(=O)N2CCOCC2)cc1)C(C)C)C(=O)C(F)(F)C(F)(F)F. The second-order valence-corrected chi connectivity index (χ2v) is 12.7. The summed E-state index contributed by atoms with van der Waals surface area (Å²) in [5.74, 6) is -10.3. The van der Waals surface area contributed by atoms with Gasteiger partial charge in [-0.05, 0) is 36.1 Å². The minimum absolute atomic E-state index is 0.146. The second-order valence-electron chi connectivity index (χ2n) is 9.67. The summed E-state index contributed by atoms with van der Waals surface area (Å²) in [7, 11) is -0.140. The number of benzene rings is 1. The van der Waals surface area contributed by atoms with Crippen molar-refractivity contribution in [1.29, 1.82) is 0 Å². The lowest BCUT2D eigenvalue weighted by atomic mass is 9.96. The first-order chi connectivity index (χ1) is 18.0. The highest BCUT2D eigenvalue weighted by molar-refractivity contribution is 8.21. The minimum atomic E-state index is -6.08. The molecule has 0 aliphatic carbocycles. The standard InChI is InChI=1S/C24H32F5N3O5P2/c1-13(2)17(19(33)23(25,26)24(27,28)29)31-39(38)22(36)18(14(3)4)30-20(34)15-5-7-16(8-6-15)21(35)32-9-11-37-12-10-32/h5-8,13-14,17-18,31H,9-12,38H2,1-4H3,(H,30,34)/t17?,18-,39?/m0/s1. The molecule has 15 heteroatoms. The molecule has 4 atom stereocenters. The van der Waals surface area contributed by atoms with E-state index in [2.05, 4.69) is 19.3 Å². The van der Waals surface area contributed by atoms with E-state index in [0.717, 1.165) is 0 Å². The summed E-state index contributed by atoms with van der Waals surface area (Å²) < 4.78 is 71.0. The molecule has 0 bridgehead atoms. The highest BCUT2D eigenvalue weighted by atomic mass is 32.0. The summed E-state index contributed by atoms with van der Waals surface area (Å²) in [6.45, 7) is 7.53. The lowest BCUT2D eigenvalue weighted by molar-refractivity contribution is -0.269. The monoisotopic (exact) mass is 599 g/mol. The van der Waals surface area contributed by atoms with Gasteiger partial charge in [0.15, 0.2) is 5.52 Å². The molecule has 1 aliphatic rings. The number of rotatable bonds is 11. The van der Waals surface area contributed by atoms with Crippen molar-refractivity contribution >= 4 is 39.8 Å². The topological polar surface area (TPSA) is 105 Å². The summed E-state index contributed by atoms with van der Waals surface area (Å²) in [6.07, 6.45) is -6.08. The van der Waals surface area contributed by atoms with Crippen LogP contribution in [0.25, 0.3) is 0 Å². The van der Waals surface area contributed by atoms with E-state index >= 15 is 0 Å². The van der Waals surface area contributed by atoms with Crippen molar-refractivity contribution in [2.75, 3.05) is 26.3 Å². The number of nitrogens with zero attached hydrogens (tertiary/aromatic N) is 1. The maximum Gasteiger partial charge on any atom is 0.461 e. The third kappa shape index (κ3) is 8.22. The fourth-order valence-corrected chi connectivity index (χ4v) is 6.13. The maximum absolute atomic E-state index is 13.7. The number of amides is 2. The van der Waals surface area contributed by atoms with Crippen molar-refractivity contribution in [2.24, 2.45) is 11.8 Å². The van der Waals surface area contributed by atoms with Gasteiger partial charge in [0.1, 0.15) is 0 Å². The quantitative estimate of drug-likeness (QED) is 0.295. The Bertz CT molecular complexity index is 1050. The van der Waals surface area contributed by atoms with E-state index < -0.39 is 61.0 Å². The molecule has 1 aromatic carbocycles. The van der Waals surface area contributed by atoms with Crippen LogP contribution in [0, 0.1) is 11.8 Å². The maximum atomic E-state index is 13.7. The van der Waals surface area contributed by atoms with Gasteiger partial charge in [-0.25, -0.2) is 0 Å². The van der Waals surface area contributed by atoms with Crippen LogP contribution in [-0.4, -0.2) is 78.5 Å². The third-order valence-corrected chi connectivity index (χ3v) is 8.56.